The summed E-state index contributed by atoms with van der Waals surface area (Å²) in [5.74, 6) is -0.210. The van der Waals surface area contributed by atoms with E-state index in [1.54, 1.807) is 17.8 Å². The highest BCUT2D eigenvalue weighted by atomic mass is 79.9. The lowest BCUT2D eigenvalue weighted by molar-refractivity contribution is 0.621. The van der Waals surface area contributed by atoms with E-state index < -0.39 is 0 Å². The summed E-state index contributed by atoms with van der Waals surface area (Å²) in [6, 6.07) is 13.0. The first-order valence-corrected chi connectivity index (χ1v) is 7.21. The maximum absolute atomic E-state index is 13.5. The molecule has 0 aromatic heterocycles. The summed E-state index contributed by atoms with van der Waals surface area (Å²) in [6.07, 6.45) is 0.698. The number of hydrogen-bond acceptors (Lipinski definition) is 2. The minimum absolute atomic E-state index is 0.210. The van der Waals surface area contributed by atoms with Gasteiger partial charge in [0.25, 0.3) is 0 Å². The molecule has 0 aliphatic rings. The normalized spacial score (nSPS) is 10.6. The van der Waals surface area contributed by atoms with E-state index in [0.29, 0.717) is 13.0 Å². The largest absolute Gasteiger partial charge is 0.330 e. The molecule has 0 bridgehead atoms. The van der Waals surface area contributed by atoms with Crippen molar-refractivity contribution < 1.29 is 4.39 Å². The van der Waals surface area contributed by atoms with Gasteiger partial charge >= 0.3 is 0 Å². The summed E-state index contributed by atoms with van der Waals surface area (Å²) in [5.41, 5.74) is 6.44. The molecule has 0 aliphatic heterocycles. The number of benzene rings is 2. The van der Waals surface area contributed by atoms with Crippen LogP contribution in [0.3, 0.4) is 0 Å². The van der Waals surface area contributed by atoms with Crippen molar-refractivity contribution in [1.29, 1.82) is 0 Å². The van der Waals surface area contributed by atoms with Gasteiger partial charge in [0.15, 0.2) is 0 Å². The van der Waals surface area contributed by atoms with Crippen molar-refractivity contribution in [1.82, 2.24) is 0 Å². The van der Waals surface area contributed by atoms with E-state index in [4.69, 9.17) is 5.73 Å². The van der Waals surface area contributed by atoms with E-state index in [9.17, 15) is 4.39 Å². The Balaban J connectivity index is 2.23. The fraction of sp³-hybridized carbons (Fsp3) is 0.143. The maximum atomic E-state index is 13.5. The lowest BCUT2D eigenvalue weighted by Crippen LogP contribution is -2.02. The second-order valence-corrected chi connectivity index (χ2v) is 5.96. The van der Waals surface area contributed by atoms with Gasteiger partial charge in [0, 0.05) is 14.3 Å². The zero-order valence-corrected chi connectivity index (χ0v) is 12.1. The van der Waals surface area contributed by atoms with Crippen LogP contribution in [0.2, 0.25) is 0 Å². The van der Waals surface area contributed by atoms with E-state index in [2.05, 4.69) is 15.9 Å². The summed E-state index contributed by atoms with van der Waals surface area (Å²) in [4.78, 5) is 1.98. The van der Waals surface area contributed by atoms with Gasteiger partial charge in [-0.2, -0.15) is 0 Å². The molecule has 0 amide bonds. The quantitative estimate of drug-likeness (QED) is 0.909. The highest BCUT2D eigenvalue weighted by Crippen LogP contribution is 2.30. The van der Waals surface area contributed by atoms with E-state index in [-0.39, 0.29) is 5.82 Å². The van der Waals surface area contributed by atoms with Crippen LogP contribution in [0.25, 0.3) is 0 Å². The molecule has 18 heavy (non-hydrogen) atoms. The summed E-state index contributed by atoms with van der Waals surface area (Å²) in [7, 11) is 0. The molecule has 2 aromatic rings. The molecule has 2 rings (SSSR count). The lowest BCUT2D eigenvalue weighted by Gasteiger charge is -2.06. The Labute approximate surface area is 119 Å². The Morgan fingerprint density at radius 3 is 2.67 bits per heavy atom. The van der Waals surface area contributed by atoms with E-state index in [1.165, 1.54) is 6.07 Å². The van der Waals surface area contributed by atoms with E-state index >= 15 is 0 Å². The molecule has 4 heteroatoms. The zero-order valence-electron chi connectivity index (χ0n) is 9.70. The van der Waals surface area contributed by atoms with Crippen LogP contribution < -0.4 is 5.73 Å². The third kappa shape index (κ3) is 3.83. The molecule has 0 atom stereocenters. The van der Waals surface area contributed by atoms with Crippen molar-refractivity contribution in [2.75, 3.05) is 6.54 Å². The minimum Gasteiger partial charge on any atom is -0.330 e. The Hall–Kier alpha value is -0.840. The molecule has 0 spiro atoms. The molecule has 1 nitrogen and oxygen atoms in total. The first-order valence-electron chi connectivity index (χ1n) is 5.60. The summed E-state index contributed by atoms with van der Waals surface area (Å²) in [5, 5.41) is 0. The number of nitrogens with two attached hydrogens (primary N) is 1. The van der Waals surface area contributed by atoms with Gasteiger partial charge in [0.2, 0.25) is 0 Å². The van der Waals surface area contributed by atoms with Crippen molar-refractivity contribution in [2.45, 2.75) is 16.2 Å². The van der Waals surface area contributed by atoms with Gasteiger partial charge in [0.1, 0.15) is 5.82 Å². The average molecular weight is 326 g/mol. The van der Waals surface area contributed by atoms with Gasteiger partial charge in [-0.1, -0.05) is 33.8 Å². The molecule has 0 unspecified atom stereocenters. The molecule has 0 heterocycles. The smallest absolute Gasteiger partial charge is 0.124 e. The van der Waals surface area contributed by atoms with Crippen molar-refractivity contribution in [2.24, 2.45) is 5.73 Å². The van der Waals surface area contributed by atoms with Crippen molar-refractivity contribution >= 4 is 27.7 Å². The highest BCUT2D eigenvalue weighted by Gasteiger charge is 2.03. The Kier molecular flexibility index (Phi) is 4.80. The number of rotatable bonds is 4. The van der Waals surface area contributed by atoms with Crippen LogP contribution in [0, 0.1) is 5.82 Å². The molecular weight excluding hydrogens is 313 g/mol. The molecule has 0 saturated heterocycles. The SMILES string of the molecule is NCCc1cc(F)cc(Sc2cccc(Br)c2)c1. The average Bonchev–Trinajstić information content (AvgIpc) is 2.28. The Morgan fingerprint density at radius 2 is 1.94 bits per heavy atom. The van der Waals surface area contributed by atoms with Gasteiger partial charge in [-0.15, -0.1) is 0 Å². The monoisotopic (exact) mass is 325 g/mol. The number of halogens is 2. The van der Waals surface area contributed by atoms with Gasteiger partial charge in [-0.05, 0) is 54.9 Å². The van der Waals surface area contributed by atoms with Crippen LogP contribution in [0.5, 0.6) is 0 Å². The molecule has 2 N–H and O–H groups in total. The maximum Gasteiger partial charge on any atom is 0.124 e. The molecule has 0 fully saturated rings. The molecule has 0 radical (unpaired) electrons. The van der Waals surface area contributed by atoms with E-state index in [0.717, 1.165) is 19.8 Å². The fourth-order valence-corrected chi connectivity index (χ4v) is 3.19. The van der Waals surface area contributed by atoms with Gasteiger partial charge in [-0.25, -0.2) is 4.39 Å². The van der Waals surface area contributed by atoms with Crippen LogP contribution in [-0.4, -0.2) is 6.54 Å². The third-order valence-corrected chi connectivity index (χ3v) is 3.85. The second kappa shape index (κ2) is 6.36. The third-order valence-electron chi connectivity index (χ3n) is 2.40. The molecule has 0 aliphatic carbocycles. The molecule has 2 aromatic carbocycles. The van der Waals surface area contributed by atoms with Crippen LogP contribution in [0.1, 0.15) is 5.56 Å². The minimum atomic E-state index is -0.210. The summed E-state index contributed by atoms with van der Waals surface area (Å²) in [6.45, 7) is 0.532. The van der Waals surface area contributed by atoms with Crippen molar-refractivity contribution in [3.63, 3.8) is 0 Å². The van der Waals surface area contributed by atoms with Crippen LogP contribution in [-0.2, 0) is 6.42 Å². The first kappa shape index (κ1) is 13.6. The second-order valence-electron chi connectivity index (χ2n) is 3.89. The topological polar surface area (TPSA) is 26.0 Å². The van der Waals surface area contributed by atoms with Crippen molar-refractivity contribution in [3.05, 3.63) is 58.3 Å². The standard InChI is InChI=1S/C14H13BrFNS/c15-11-2-1-3-13(8-11)18-14-7-10(4-5-17)6-12(16)9-14/h1-3,6-9H,4-5,17H2. The summed E-state index contributed by atoms with van der Waals surface area (Å²) >= 11 is 4.97. The van der Waals surface area contributed by atoms with Crippen LogP contribution >= 0.6 is 27.7 Å². The van der Waals surface area contributed by atoms with Crippen LogP contribution in [0.4, 0.5) is 4.39 Å². The highest BCUT2D eigenvalue weighted by molar-refractivity contribution is 9.10. The van der Waals surface area contributed by atoms with E-state index in [1.807, 2.05) is 30.3 Å². The molecule has 94 valence electrons. The van der Waals surface area contributed by atoms with Gasteiger partial charge in [0.05, 0.1) is 0 Å². The lowest BCUT2D eigenvalue weighted by atomic mass is 10.1. The first-order chi connectivity index (χ1) is 8.67. The predicted octanol–water partition coefficient (Wildman–Crippen LogP) is 4.24. The van der Waals surface area contributed by atoms with Gasteiger partial charge in [-0.3, -0.25) is 0 Å². The Morgan fingerprint density at radius 1 is 1.11 bits per heavy atom. The molecular formula is C14H13BrFNS. The van der Waals surface area contributed by atoms with Crippen LogP contribution in [0.15, 0.2) is 56.7 Å². The molecule has 0 saturated carbocycles. The predicted molar refractivity (Wildman–Crippen MR) is 77.4 cm³/mol. The van der Waals surface area contributed by atoms with Crippen molar-refractivity contribution in [3.8, 4) is 0 Å². The Bertz CT molecular complexity index is 545. The van der Waals surface area contributed by atoms with Gasteiger partial charge < -0.3 is 5.73 Å². The zero-order chi connectivity index (χ0) is 13.0. The summed E-state index contributed by atoms with van der Waals surface area (Å²) < 4.78 is 14.5. The fourth-order valence-electron chi connectivity index (χ4n) is 1.66. The number of hydrogen-bond donors (Lipinski definition) is 1.